The lowest BCUT2D eigenvalue weighted by Gasteiger charge is -2.21. The molecule has 0 radical (unpaired) electrons. The van der Waals surface area contributed by atoms with Crippen LogP contribution in [-0.4, -0.2) is 13.1 Å². The van der Waals surface area contributed by atoms with Crippen LogP contribution in [0.1, 0.15) is 48.4 Å². The fourth-order valence-corrected chi connectivity index (χ4v) is 3.06. The van der Waals surface area contributed by atoms with E-state index < -0.39 is 53.6 Å². The molecule has 0 heterocycles. The monoisotopic (exact) mass is 412 g/mol. The standard InChI is InChI=1S/C22H24F4O3/c1-12(2)15(14-7-5-13(3)6-8-14)9-18(27)29-11-17-21(25)19(23)16(10-28-4)20(24)22(17)26/h5-8,12,15H,9-11H2,1-4H3/t15-/m0/s1. The molecule has 0 N–H and O–H groups in total. The fraction of sp³-hybridized carbons (Fsp3) is 0.409. The van der Waals surface area contributed by atoms with Crippen LogP contribution in [0.5, 0.6) is 0 Å². The molecule has 0 amide bonds. The smallest absolute Gasteiger partial charge is 0.306 e. The maximum atomic E-state index is 14.1. The van der Waals surface area contributed by atoms with E-state index in [1.165, 1.54) is 0 Å². The van der Waals surface area contributed by atoms with Crippen molar-refractivity contribution in [3.05, 3.63) is 69.8 Å². The molecule has 2 aromatic carbocycles. The molecule has 0 saturated heterocycles. The topological polar surface area (TPSA) is 35.5 Å². The van der Waals surface area contributed by atoms with Crippen LogP contribution < -0.4 is 0 Å². The summed E-state index contributed by atoms with van der Waals surface area (Å²) in [5, 5.41) is 0. The van der Waals surface area contributed by atoms with Crippen molar-refractivity contribution < 1.29 is 31.8 Å². The Bertz CT molecular complexity index is 834. The zero-order chi connectivity index (χ0) is 21.7. The summed E-state index contributed by atoms with van der Waals surface area (Å²) in [4.78, 5) is 12.3. The van der Waals surface area contributed by atoms with E-state index in [9.17, 15) is 22.4 Å². The predicted molar refractivity (Wildman–Crippen MR) is 100 cm³/mol. The highest BCUT2D eigenvalue weighted by molar-refractivity contribution is 5.70. The van der Waals surface area contributed by atoms with Crippen LogP contribution in [0.15, 0.2) is 24.3 Å². The van der Waals surface area contributed by atoms with Crippen molar-refractivity contribution in [3.8, 4) is 0 Å². The molecule has 0 fully saturated rings. The van der Waals surface area contributed by atoms with Crippen LogP contribution in [0, 0.1) is 36.1 Å². The first-order chi connectivity index (χ1) is 13.7. The molecule has 0 unspecified atom stereocenters. The van der Waals surface area contributed by atoms with Crippen LogP contribution in [0.3, 0.4) is 0 Å². The number of benzene rings is 2. The molecule has 0 saturated carbocycles. The molecule has 1 atom stereocenters. The predicted octanol–water partition coefficient (Wildman–Crippen LogP) is 5.57. The van der Waals surface area contributed by atoms with Gasteiger partial charge in [-0.2, -0.15) is 0 Å². The normalized spacial score (nSPS) is 12.3. The van der Waals surface area contributed by atoms with E-state index in [4.69, 9.17) is 4.74 Å². The second-order valence-corrected chi connectivity index (χ2v) is 7.27. The van der Waals surface area contributed by atoms with E-state index >= 15 is 0 Å². The van der Waals surface area contributed by atoms with E-state index in [2.05, 4.69) is 4.74 Å². The molecular weight excluding hydrogens is 388 g/mol. The molecule has 0 aliphatic heterocycles. The molecule has 0 aliphatic carbocycles. The first-order valence-electron chi connectivity index (χ1n) is 9.22. The Labute approximate surface area is 167 Å². The van der Waals surface area contributed by atoms with Gasteiger partial charge < -0.3 is 9.47 Å². The van der Waals surface area contributed by atoms with Crippen molar-refractivity contribution in [2.24, 2.45) is 5.92 Å². The molecule has 2 aromatic rings. The van der Waals surface area contributed by atoms with E-state index in [1.807, 2.05) is 45.0 Å². The van der Waals surface area contributed by atoms with Gasteiger partial charge in [-0.1, -0.05) is 43.7 Å². The summed E-state index contributed by atoms with van der Waals surface area (Å²) >= 11 is 0. The summed E-state index contributed by atoms with van der Waals surface area (Å²) in [6.45, 7) is 4.29. The first-order valence-corrected chi connectivity index (χ1v) is 9.22. The second kappa shape index (κ2) is 9.87. The number of rotatable bonds is 8. The Morgan fingerprint density at radius 3 is 1.83 bits per heavy atom. The summed E-state index contributed by atoms with van der Waals surface area (Å²) < 4.78 is 65.7. The van der Waals surface area contributed by atoms with E-state index in [-0.39, 0.29) is 18.3 Å². The highest BCUT2D eigenvalue weighted by Crippen LogP contribution is 2.29. The number of carbonyl (C=O) groups is 1. The molecule has 0 aliphatic rings. The maximum absolute atomic E-state index is 14.1. The number of methoxy groups -OCH3 is 1. The van der Waals surface area contributed by atoms with Gasteiger partial charge in [0, 0.05) is 7.11 Å². The Hall–Kier alpha value is -2.41. The SMILES string of the molecule is COCc1c(F)c(F)c(COC(=O)C[C@H](c2ccc(C)cc2)C(C)C)c(F)c1F. The molecular formula is C22H24F4O3. The van der Waals surface area contributed by atoms with E-state index in [1.54, 1.807) is 0 Å². The van der Waals surface area contributed by atoms with Gasteiger partial charge in [-0.3, -0.25) is 4.79 Å². The third-order valence-corrected chi connectivity index (χ3v) is 4.81. The number of ether oxygens (including phenoxy) is 2. The summed E-state index contributed by atoms with van der Waals surface area (Å²) in [6.07, 6.45) is -0.0311. The van der Waals surface area contributed by atoms with Gasteiger partial charge in [0.2, 0.25) is 0 Å². The van der Waals surface area contributed by atoms with E-state index in [0.717, 1.165) is 18.2 Å². The third-order valence-electron chi connectivity index (χ3n) is 4.81. The average molecular weight is 412 g/mol. The Morgan fingerprint density at radius 2 is 1.38 bits per heavy atom. The minimum atomic E-state index is -1.59. The van der Waals surface area contributed by atoms with Gasteiger partial charge in [-0.25, -0.2) is 17.6 Å². The van der Waals surface area contributed by atoms with Gasteiger partial charge in [0.25, 0.3) is 0 Å². The quantitative estimate of drug-likeness (QED) is 0.323. The maximum Gasteiger partial charge on any atom is 0.306 e. The highest BCUT2D eigenvalue weighted by atomic mass is 19.2. The molecule has 2 rings (SSSR count). The van der Waals surface area contributed by atoms with Crippen molar-refractivity contribution in [3.63, 3.8) is 0 Å². The minimum absolute atomic E-state index is 0.0311. The molecule has 0 spiro atoms. The molecule has 0 bridgehead atoms. The lowest BCUT2D eigenvalue weighted by Crippen LogP contribution is -2.16. The average Bonchev–Trinajstić information content (AvgIpc) is 2.68. The van der Waals surface area contributed by atoms with Crippen molar-refractivity contribution in [1.82, 2.24) is 0 Å². The van der Waals surface area contributed by atoms with Crippen molar-refractivity contribution >= 4 is 5.97 Å². The van der Waals surface area contributed by atoms with Crippen LogP contribution in [0.2, 0.25) is 0 Å². The lowest BCUT2D eigenvalue weighted by atomic mass is 9.85. The van der Waals surface area contributed by atoms with Gasteiger partial charge in [0.15, 0.2) is 23.3 Å². The molecule has 29 heavy (non-hydrogen) atoms. The van der Waals surface area contributed by atoms with Gasteiger partial charge >= 0.3 is 5.97 Å². The Balaban J connectivity index is 2.15. The van der Waals surface area contributed by atoms with Gasteiger partial charge in [0.1, 0.15) is 6.61 Å². The summed E-state index contributed by atoms with van der Waals surface area (Å²) in [6, 6.07) is 7.67. The number of hydrogen-bond acceptors (Lipinski definition) is 3. The first kappa shape index (κ1) is 22.9. The molecule has 3 nitrogen and oxygen atoms in total. The number of halogens is 4. The molecule has 158 valence electrons. The number of esters is 1. The fourth-order valence-electron chi connectivity index (χ4n) is 3.06. The van der Waals surface area contributed by atoms with Gasteiger partial charge in [0.05, 0.1) is 24.2 Å². The second-order valence-electron chi connectivity index (χ2n) is 7.27. The largest absolute Gasteiger partial charge is 0.461 e. The van der Waals surface area contributed by atoms with Crippen molar-refractivity contribution in [2.75, 3.05) is 7.11 Å². The van der Waals surface area contributed by atoms with Crippen molar-refractivity contribution in [2.45, 2.75) is 46.3 Å². The number of carbonyl (C=O) groups excluding carboxylic acids is 1. The number of hydrogen-bond donors (Lipinski definition) is 0. The minimum Gasteiger partial charge on any atom is -0.461 e. The Morgan fingerprint density at radius 1 is 0.897 bits per heavy atom. The van der Waals surface area contributed by atoms with Gasteiger partial charge in [-0.05, 0) is 24.3 Å². The van der Waals surface area contributed by atoms with Crippen molar-refractivity contribution in [1.29, 1.82) is 0 Å². The highest BCUT2D eigenvalue weighted by Gasteiger charge is 2.27. The summed E-state index contributed by atoms with van der Waals surface area (Å²) in [5.41, 5.74) is 0.188. The van der Waals surface area contributed by atoms with Crippen LogP contribution in [0.4, 0.5) is 17.6 Å². The van der Waals surface area contributed by atoms with Gasteiger partial charge in [-0.15, -0.1) is 0 Å². The summed E-state index contributed by atoms with van der Waals surface area (Å²) in [7, 11) is 1.14. The van der Waals surface area contributed by atoms with Crippen LogP contribution in [-0.2, 0) is 27.5 Å². The number of aryl methyl sites for hydroxylation is 1. The molecule has 0 aromatic heterocycles. The zero-order valence-electron chi connectivity index (χ0n) is 16.8. The van der Waals surface area contributed by atoms with E-state index in [0.29, 0.717) is 0 Å². The third kappa shape index (κ3) is 5.35. The zero-order valence-corrected chi connectivity index (χ0v) is 16.8. The lowest BCUT2D eigenvalue weighted by molar-refractivity contribution is -0.145. The molecule has 7 heteroatoms. The van der Waals surface area contributed by atoms with Crippen LogP contribution in [0.25, 0.3) is 0 Å². The summed E-state index contributed by atoms with van der Waals surface area (Å²) in [5.74, 6) is -7.10. The Kier molecular flexibility index (Phi) is 7.79. The van der Waals surface area contributed by atoms with Crippen LogP contribution >= 0.6 is 0 Å².